The summed E-state index contributed by atoms with van der Waals surface area (Å²) in [6.45, 7) is 7.04. The number of carboxylic acid groups (broad SMARTS) is 1. The Labute approximate surface area is 159 Å². The maximum Gasteiger partial charge on any atom is 0.341 e. The normalized spacial score (nSPS) is 15.1. The zero-order chi connectivity index (χ0) is 19.9. The van der Waals surface area contributed by atoms with Crippen molar-refractivity contribution in [2.24, 2.45) is 0 Å². The van der Waals surface area contributed by atoms with Gasteiger partial charge in [-0.05, 0) is 26.8 Å². The first-order valence-corrected chi connectivity index (χ1v) is 9.71. The number of anilines is 1. The summed E-state index contributed by atoms with van der Waals surface area (Å²) < 4.78 is 1.71. The van der Waals surface area contributed by atoms with Crippen molar-refractivity contribution in [2.45, 2.75) is 26.3 Å². The smallest absolute Gasteiger partial charge is 0.341 e. The average Bonchev–Trinajstić information content (AvgIpc) is 2.60. The van der Waals surface area contributed by atoms with Crippen LogP contribution in [0.25, 0.3) is 10.9 Å². The van der Waals surface area contributed by atoms with Gasteiger partial charge in [0.15, 0.2) is 0 Å². The summed E-state index contributed by atoms with van der Waals surface area (Å²) in [5.74, 6) is 0.401. The third-order valence-corrected chi connectivity index (χ3v) is 5.54. The molecule has 1 aromatic heterocycles. The molecule has 0 amide bonds. The summed E-state index contributed by atoms with van der Waals surface area (Å²) in [4.78, 5) is 37.3. The van der Waals surface area contributed by atoms with E-state index in [-0.39, 0.29) is 11.1 Å². The van der Waals surface area contributed by atoms with Crippen LogP contribution in [0.4, 0.5) is 11.4 Å². The molecule has 0 unspecified atom stereocenters. The second-order valence-electron chi connectivity index (χ2n) is 7.43. The Hall–Kier alpha value is -2.55. The van der Waals surface area contributed by atoms with E-state index in [1.807, 2.05) is 25.7 Å². The van der Waals surface area contributed by atoms with Crippen LogP contribution in [0, 0.1) is 10.1 Å². The highest BCUT2D eigenvalue weighted by Crippen LogP contribution is 2.35. The van der Waals surface area contributed by atoms with Gasteiger partial charge < -0.3 is 14.6 Å². The Balaban J connectivity index is 2.40. The molecule has 2 aromatic rings. The second-order valence-corrected chi connectivity index (χ2v) is 8.66. The van der Waals surface area contributed by atoms with Crippen molar-refractivity contribution in [1.82, 2.24) is 4.57 Å². The van der Waals surface area contributed by atoms with Crippen LogP contribution >= 0.6 is 11.8 Å². The maximum absolute atomic E-state index is 12.7. The number of pyridine rings is 1. The number of aromatic nitrogens is 1. The molecule has 3 rings (SSSR count). The number of rotatable bonds is 3. The van der Waals surface area contributed by atoms with Gasteiger partial charge >= 0.3 is 5.97 Å². The molecule has 1 aliphatic heterocycles. The Morgan fingerprint density at radius 1 is 1.26 bits per heavy atom. The average molecular weight is 391 g/mol. The monoisotopic (exact) mass is 391 g/mol. The van der Waals surface area contributed by atoms with Gasteiger partial charge in [-0.3, -0.25) is 14.9 Å². The van der Waals surface area contributed by atoms with Gasteiger partial charge in [-0.25, -0.2) is 4.79 Å². The lowest BCUT2D eigenvalue weighted by Gasteiger charge is -2.30. The molecule has 27 heavy (non-hydrogen) atoms. The number of carboxylic acids is 1. The summed E-state index contributed by atoms with van der Waals surface area (Å²) in [6.07, 6.45) is 1.33. The Kier molecular flexibility index (Phi) is 4.90. The molecule has 0 atom stereocenters. The lowest BCUT2D eigenvalue weighted by molar-refractivity contribution is -0.384. The van der Waals surface area contributed by atoms with Crippen molar-refractivity contribution in [2.75, 3.05) is 29.5 Å². The maximum atomic E-state index is 12.7. The van der Waals surface area contributed by atoms with Crippen molar-refractivity contribution >= 4 is 40.0 Å². The zero-order valence-corrected chi connectivity index (χ0v) is 16.2. The van der Waals surface area contributed by atoms with Crippen LogP contribution in [-0.2, 0) is 5.54 Å². The van der Waals surface area contributed by atoms with E-state index in [9.17, 15) is 24.8 Å². The SMILES string of the molecule is CC(C)(C)n1cc(C(=O)O)c(=O)c2cc([N+](=O)[O-])c(N3CCSCC3)cc21. The summed E-state index contributed by atoms with van der Waals surface area (Å²) >= 11 is 1.79. The number of nitrogens with zero attached hydrogens (tertiary/aromatic N) is 3. The predicted octanol–water partition coefficient (Wildman–Crippen LogP) is 2.92. The van der Waals surface area contributed by atoms with Crippen LogP contribution in [0.2, 0.25) is 0 Å². The van der Waals surface area contributed by atoms with Gasteiger partial charge in [-0.15, -0.1) is 0 Å². The van der Waals surface area contributed by atoms with Gasteiger partial charge in [0.05, 0.1) is 15.8 Å². The molecule has 1 N–H and O–H groups in total. The first-order valence-electron chi connectivity index (χ1n) is 8.55. The number of hydrogen-bond donors (Lipinski definition) is 1. The first-order chi connectivity index (χ1) is 12.6. The van der Waals surface area contributed by atoms with E-state index in [1.165, 1.54) is 12.3 Å². The van der Waals surface area contributed by atoms with Crippen LogP contribution in [0.1, 0.15) is 31.1 Å². The molecular formula is C18H21N3O5S. The molecule has 1 aromatic carbocycles. The third-order valence-electron chi connectivity index (χ3n) is 4.60. The minimum absolute atomic E-state index is 0.0478. The molecule has 8 nitrogen and oxygen atoms in total. The summed E-state index contributed by atoms with van der Waals surface area (Å²) in [5.41, 5.74) is -0.823. The van der Waals surface area contributed by atoms with Crippen LogP contribution in [0.3, 0.4) is 0 Å². The van der Waals surface area contributed by atoms with Gasteiger partial charge in [0.1, 0.15) is 11.3 Å². The molecule has 0 bridgehead atoms. The van der Waals surface area contributed by atoms with Crippen molar-refractivity contribution in [3.63, 3.8) is 0 Å². The fraction of sp³-hybridized carbons (Fsp3) is 0.444. The highest BCUT2D eigenvalue weighted by Gasteiger charge is 2.27. The number of fused-ring (bicyclic) bond motifs is 1. The quantitative estimate of drug-likeness (QED) is 0.633. The van der Waals surface area contributed by atoms with Crippen LogP contribution in [-0.4, -0.2) is 45.2 Å². The Morgan fingerprint density at radius 3 is 2.41 bits per heavy atom. The number of thioether (sulfide) groups is 1. The fourth-order valence-corrected chi connectivity index (χ4v) is 4.16. The van der Waals surface area contributed by atoms with Gasteiger partial charge in [-0.1, -0.05) is 0 Å². The Morgan fingerprint density at radius 2 is 1.89 bits per heavy atom. The molecule has 1 fully saturated rings. The van der Waals surface area contributed by atoms with Gasteiger partial charge in [0.25, 0.3) is 5.69 Å². The highest BCUT2D eigenvalue weighted by molar-refractivity contribution is 7.99. The second kappa shape index (κ2) is 6.88. The topological polar surface area (TPSA) is 106 Å². The highest BCUT2D eigenvalue weighted by atomic mass is 32.2. The lowest BCUT2D eigenvalue weighted by atomic mass is 10.0. The largest absolute Gasteiger partial charge is 0.477 e. The van der Waals surface area contributed by atoms with E-state index in [0.717, 1.165) is 11.5 Å². The molecule has 0 spiro atoms. The van der Waals surface area contributed by atoms with E-state index >= 15 is 0 Å². The first kappa shape index (κ1) is 19.2. The van der Waals surface area contributed by atoms with E-state index in [4.69, 9.17) is 0 Å². The Bertz CT molecular complexity index is 987. The number of hydrogen-bond acceptors (Lipinski definition) is 6. The molecule has 2 heterocycles. The van der Waals surface area contributed by atoms with Gasteiger partial charge in [0, 0.05) is 42.4 Å². The summed E-state index contributed by atoms with van der Waals surface area (Å²) in [5, 5.41) is 21.1. The van der Waals surface area contributed by atoms with Crippen LogP contribution in [0.15, 0.2) is 23.1 Å². The van der Waals surface area contributed by atoms with Crippen LogP contribution < -0.4 is 10.3 Å². The molecule has 0 saturated carbocycles. The molecule has 0 radical (unpaired) electrons. The van der Waals surface area contributed by atoms with Crippen molar-refractivity contribution in [3.8, 4) is 0 Å². The van der Waals surface area contributed by atoms with E-state index in [0.29, 0.717) is 24.3 Å². The fourth-order valence-electron chi connectivity index (χ4n) is 3.26. The minimum Gasteiger partial charge on any atom is -0.477 e. The molecule has 1 saturated heterocycles. The standard InChI is InChI=1S/C18H21N3O5S/c1-18(2,3)20-10-12(17(23)24)16(22)11-8-15(21(25)26)14(9-13(11)20)19-4-6-27-7-5-19/h8-10H,4-7H2,1-3H3,(H,23,24). The summed E-state index contributed by atoms with van der Waals surface area (Å²) in [7, 11) is 0. The number of benzene rings is 1. The van der Waals surface area contributed by atoms with Gasteiger partial charge in [-0.2, -0.15) is 11.8 Å². The molecule has 1 aliphatic rings. The van der Waals surface area contributed by atoms with E-state index < -0.39 is 27.4 Å². The zero-order valence-electron chi connectivity index (χ0n) is 15.4. The number of nitro benzene ring substituents is 1. The third kappa shape index (κ3) is 3.51. The van der Waals surface area contributed by atoms with E-state index in [1.54, 1.807) is 22.4 Å². The minimum atomic E-state index is -1.35. The van der Waals surface area contributed by atoms with Crippen molar-refractivity contribution in [1.29, 1.82) is 0 Å². The number of nitro groups is 1. The lowest BCUT2D eigenvalue weighted by Crippen LogP contribution is -2.33. The van der Waals surface area contributed by atoms with Crippen molar-refractivity contribution in [3.05, 3.63) is 44.2 Å². The number of aromatic carboxylic acids is 1. The summed E-state index contributed by atoms with van der Waals surface area (Å²) in [6, 6.07) is 2.88. The molecule has 0 aliphatic carbocycles. The predicted molar refractivity (Wildman–Crippen MR) is 106 cm³/mol. The van der Waals surface area contributed by atoms with Gasteiger partial charge in [0.2, 0.25) is 5.43 Å². The molecule has 9 heteroatoms. The molecule has 144 valence electrons. The van der Waals surface area contributed by atoms with Crippen molar-refractivity contribution < 1.29 is 14.8 Å². The van der Waals surface area contributed by atoms with E-state index in [2.05, 4.69) is 0 Å². The number of carbonyl (C=O) groups is 1. The van der Waals surface area contributed by atoms with Crippen LogP contribution in [0.5, 0.6) is 0 Å². The molecular weight excluding hydrogens is 370 g/mol.